The fourth-order valence-electron chi connectivity index (χ4n) is 0.0793. The molecule has 0 saturated heterocycles. The van der Waals surface area contributed by atoms with Gasteiger partial charge in [-0.1, -0.05) is 0 Å². The molecule has 1 unspecified atom stereocenters. The van der Waals surface area contributed by atoms with Gasteiger partial charge in [0.25, 0.3) is 0 Å². The van der Waals surface area contributed by atoms with Crippen molar-refractivity contribution in [2.75, 3.05) is 0 Å². The largest absolute Gasteiger partial charge is 0.335 e. The Hall–Kier alpha value is -0.180. The molecule has 0 amide bonds. The fourth-order valence-corrected chi connectivity index (χ4v) is 0.238. The quantitative estimate of drug-likeness (QED) is 0.407. The first-order valence-electron chi connectivity index (χ1n) is 1.99. The van der Waals surface area contributed by atoms with Crippen LogP contribution >= 0.6 is 7.60 Å². The lowest BCUT2D eigenvalue weighted by atomic mass is 10.5. The van der Waals surface area contributed by atoms with Gasteiger partial charge in [0.2, 0.25) is 0 Å². The van der Waals surface area contributed by atoms with E-state index >= 15 is 0 Å². The third-order valence-corrected chi connectivity index (χ3v) is 1.91. The lowest BCUT2D eigenvalue weighted by Gasteiger charge is -2.03. The van der Waals surface area contributed by atoms with Gasteiger partial charge in [-0.15, -0.1) is 0 Å². The zero-order valence-corrected chi connectivity index (χ0v) is 5.21. The summed E-state index contributed by atoms with van der Waals surface area (Å²) in [5.74, 6) is 0. The fraction of sp³-hybridized carbons (Fsp3) is 0.667. The Bertz CT molecular complexity index is 125. The summed E-state index contributed by atoms with van der Waals surface area (Å²) in [6.07, 6.45) is 0.237. The van der Waals surface area contributed by atoms with E-state index in [4.69, 9.17) is 9.79 Å². The van der Waals surface area contributed by atoms with Crippen molar-refractivity contribution in [1.29, 1.82) is 0 Å². The van der Waals surface area contributed by atoms with Gasteiger partial charge < -0.3 is 14.6 Å². The van der Waals surface area contributed by atoms with E-state index in [-0.39, 0.29) is 6.29 Å². The molecule has 0 aromatic heterocycles. The molecule has 0 bridgehead atoms. The Kier molecular flexibility index (Phi) is 2.34. The van der Waals surface area contributed by atoms with Crippen molar-refractivity contribution in [2.24, 2.45) is 0 Å². The lowest BCUT2D eigenvalue weighted by molar-refractivity contribution is -0.107. The monoisotopic (exact) mass is 138 g/mol. The summed E-state index contributed by atoms with van der Waals surface area (Å²) in [5, 5.41) is 0. The standard InChI is InChI=1S/C3H7O4P/c1-3(2-4)8(5,6)7/h2-3H,1H3,(H2,5,6,7). The Morgan fingerprint density at radius 1 is 1.62 bits per heavy atom. The minimum absolute atomic E-state index is 0.237. The van der Waals surface area contributed by atoms with Gasteiger partial charge in [-0.25, -0.2) is 0 Å². The molecule has 0 fully saturated rings. The van der Waals surface area contributed by atoms with E-state index in [1.165, 1.54) is 6.92 Å². The lowest BCUT2D eigenvalue weighted by Crippen LogP contribution is -2.02. The van der Waals surface area contributed by atoms with Gasteiger partial charge >= 0.3 is 7.60 Å². The second-order valence-corrected chi connectivity index (χ2v) is 3.46. The Labute approximate surface area is 46.7 Å². The van der Waals surface area contributed by atoms with Crippen LogP contribution in [0, 0.1) is 0 Å². The van der Waals surface area contributed by atoms with Gasteiger partial charge in [0.05, 0.1) is 0 Å². The maximum absolute atomic E-state index is 10.0. The van der Waals surface area contributed by atoms with E-state index < -0.39 is 13.3 Å². The molecule has 4 nitrogen and oxygen atoms in total. The summed E-state index contributed by atoms with van der Waals surface area (Å²) < 4.78 is 10.0. The molecule has 0 saturated carbocycles. The average Bonchev–Trinajstić information content (AvgIpc) is 1.62. The molecule has 5 heteroatoms. The zero-order valence-electron chi connectivity index (χ0n) is 4.31. The number of hydrogen-bond acceptors (Lipinski definition) is 2. The van der Waals surface area contributed by atoms with Crippen LogP contribution in [0.1, 0.15) is 6.92 Å². The van der Waals surface area contributed by atoms with Crippen LogP contribution in [0.2, 0.25) is 0 Å². The molecule has 0 aromatic rings. The van der Waals surface area contributed by atoms with Crippen LogP contribution in [0.5, 0.6) is 0 Å². The van der Waals surface area contributed by atoms with E-state index in [0.29, 0.717) is 0 Å². The van der Waals surface area contributed by atoms with Crippen molar-refractivity contribution in [3.8, 4) is 0 Å². The zero-order chi connectivity index (χ0) is 6.78. The summed E-state index contributed by atoms with van der Waals surface area (Å²) in [6, 6.07) is 0. The maximum Gasteiger partial charge on any atom is 0.335 e. The SMILES string of the molecule is CC(C=O)P(=O)(O)O. The Morgan fingerprint density at radius 2 is 2.00 bits per heavy atom. The number of carbonyl (C=O) groups is 1. The van der Waals surface area contributed by atoms with Crippen LogP contribution in [-0.2, 0) is 9.36 Å². The Morgan fingerprint density at radius 3 is 2.00 bits per heavy atom. The third kappa shape index (κ3) is 2.21. The number of carbonyl (C=O) groups excluding carboxylic acids is 1. The highest BCUT2D eigenvalue weighted by atomic mass is 31.2. The van der Waals surface area contributed by atoms with E-state index in [0.717, 1.165) is 0 Å². The molecule has 0 rings (SSSR count). The highest BCUT2D eigenvalue weighted by Gasteiger charge is 2.22. The smallest absolute Gasteiger partial charge is 0.324 e. The van der Waals surface area contributed by atoms with Crippen LogP contribution in [0.4, 0.5) is 0 Å². The van der Waals surface area contributed by atoms with Crippen LogP contribution in [0.15, 0.2) is 0 Å². The first-order chi connectivity index (χ1) is 3.48. The third-order valence-electron chi connectivity index (χ3n) is 0.727. The van der Waals surface area contributed by atoms with Crippen molar-refractivity contribution in [2.45, 2.75) is 12.6 Å². The molecule has 0 aromatic carbocycles. The van der Waals surface area contributed by atoms with Crippen LogP contribution in [-0.4, -0.2) is 21.7 Å². The Balaban J connectivity index is 4.02. The van der Waals surface area contributed by atoms with Gasteiger partial charge in [-0.2, -0.15) is 0 Å². The first kappa shape index (κ1) is 7.82. The maximum atomic E-state index is 10.0. The predicted molar refractivity (Wildman–Crippen MR) is 27.6 cm³/mol. The van der Waals surface area contributed by atoms with Crippen molar-refractivity contribution in [3.05, 3.63) is 0 Å². The molecule has 0 aliphatic heterocycles. The van der Waals surface area contributed by atoms with Crippen molar-refractivity contribution < 1.29 is 19.1 Å². The highest BCUT2D eigenvalue weighted by molar-refractivity contribution is 7.53. The van der Waals surface area contributed by atoms with Gasteiger partial charge in [0.15, 0.2) is 0 Å². The minimum Gasteiger partial charge on any atom is -0.324 e. The van der Waals surface area contributed by atoms with E-state index in [9.17, 15) is 9.36 Å². The molecule has 8 heavy (non-hydrogen) atoms. The highest BCUT2D eigenvalue weighted by Crippen LogP contribution is 2.39. The van der Waals surface area contributed by atoms with E-state index in [1.807, 2.05) is 0 Å². The summed E-state index contributed by atoms with van der Waals surface area (Å²) in [5.41, 5.74) is -1.16. The topological polar surface area (TPSA) is 74.6 Å². The van der Waals surface area contributed by atoms with Crippen LogP contribution < -0.4 is 0 Å². The summed E-state index contributed by atoms with van der Waals surface area (Å²) in [4.78, 5) is 26.0. The molecule has 0 heterocycles. The molecule has 0 spiro atoms. The van der Waals surface area contributed by atoms with Crippen molar-refractivity contribution in [1.82, 2.24) is 0 Å². The summed E-state index contributed by atoms with van der Waals surface area (Å²) >= 11 is 0. The molecule has 0 radical (unpaired) electrons. The molecule has 48 valence electrons. The average molecular weight is 138 g/mol. The molecular formula is C3H7O4P. The molecule has 0 aliphatic carbocycles. The van der Waals surface area contributed by atoms with Gasteiger partial charge in [-0.3, -0.25) is 4.57 Å². The number of rotatable bonds is 2. The van der Waals surface area contributed by atoms with Crippen molar-refractivity contribution in [3.63, 3.8) is 0 Å². The second kappa shape index (κ2) is 2.40. The van der Waals surface area contributed by atoms with Gasteiger partial charge in [0.1, 0.15) is 11.9 Å². The molecule has 1 atom stereocenters. The number of aldehydes is 1. The van der Waals surface area contributed by atoms with E-state index in [1.54, 1.807) is 0 Å². The van der Waals surface area contributed by atoms with Gasteiger partial charge in [0, 0.05) is 0 Å². The van der Waals surface area contributed by atoms with Gasteiger partial charge in [-0.05, 0) is 6.92 Å². The number of hydrogen-bond donors (Lipinski definition) is 2. The predicted octanol–water partition coefficient (Wildman–Crippen LogP) is -0.249. The normalized spacial score (nSPS) is 15.4. The van der Waals surface area contributed by atoms with E-state index in [2.05, 4.69) is 0 Å². The molecule has 0 aliphatic rings. The molecule has 2 N–H and O–H groups in total. The minimum atomic E-state index is -4.12. The summed E-state index contributed by atoms with van der Waals surface area (Å²) in [6.45, 7) is 1.17. The molecular weight excluding hydrogens is 131 g/mol. The second-order valence-electron chi connectivity index (χ2n) is 1.47. The van der Waals surface area contributed by atoms with Crippen LogP contribution in [0.3, 0.4) is 0 Å². The van der Waals surface area contributed by atoms with Crippen LogP contribution in [0.25, 0.3) is 0 Å². The summed E-state index contributed by atoms with van der Waals surface area (Å²) in [7, 11) is -4.12. The first-order valence-corrected chi connectivity index (χ1v) is 3.67. The van der Waals surface area contributed by atoms with Crippen molar-refractivity contribution >= 4 is 13.9 Å².